The van der Waals surface area contributed by atoms with Crippen molar-refractivity contribution in [2.24, 2.45) is 5.92 Å². The van der Waals surface area contributed by atoms with Gasteiger partial charge in [-0.25, -0.2) is 0 Å². The molecule has 1 atom stereocenters. The van der Waals surface area contributed by atoms with Gasteiger partial charge in [-0.05, 0) is 18.1 Å². The maximum absolute atomic E-state index is 8.68. The van der Waals surface area contributed by atoms with E-state index >= 15 is 0 Å². The van der Waals surface area contributed by atoms with Crippen molar-refractivity contribution in [2.45, 2.75) is 6.42 Å². The minimum Gasteiger partial charge on any atom is -0.396 e. The van der Waals surface area contributed by atoms with Crippen LogP contribution in [0.2, 0.25) is 0 Å². The van der Waals surface area contributed by atoms with Crippen molar-refractivity contribution in [3.8, 4) is 0 Å². The third-order valence-electron chi connectivity index (χ3n) is 1.78. The molecule has 0 aromatic carbocycles. The molecule has 0 aromatic rings. The van der Waals surface area contributed by atoms with E-state index in [1.807, 2.05) is 18.2 Å². The van der Waals surface area contributed by atoms with E-state index in [0.29, 0.717) is 11.5 Å². The molecule has 1 rings (SSSR count). The molecule has 0 aromatic heterocycles. The summed E-state index contributed by atoms with van der Waals surface area (Å²) in [6.07, 6.45) is 6.43. The highest BCUT2D eigenvalue weighted by atomic mass is 35.5. The van der Waals surface area contributed by atoms with Crippen LogP contribution in [-0.2, 0) is 0 Å². The molecule has 0 radical (unpaired) electrons. The average Bonchev–Trinajstić information content (AvgIpc) is 1.99. The summed E-state index contributed by atoms with van der Waals surface area (Å²) in [7, 11) is 0. The Hall–Kier alpha value is -0.530. The Morgan fingerprint density at radius 2 is 2.36 bits per heavy atom. The lowest BCUT2D eigenvalue weighted by Crippen LogP contribution is -2.05. The molecular formula is C9H11ClO. The third kappa shape index (κ3) is 1.95. The van der Waals surface area contributed by atoms with E-state index < -0.39 is 0 Å². The van der Waals surface area contributed by atoms with Gasteiger partial charge in [-0.15, -0.1) is 0 Å². The van der Waals surface area contributed by atoms with Crippen LogP contribution in [0.1, 0.15) is 6.42 Å². The zero-order chi connectivity index (χ0) is 8.27. The smallest absolute Gasteiger partial charge is 0.0439 e. The largest absolute Gasteiger partial charge is 0.396 e. The van der Waals surface area contributed by atoms with Crippen LogP contribution >= 0.6 is 11.6 Å². The summed E-state index contributed by atoms with van der Waals surface area (Å²) in [5.74, 6) is 0.220. The summed E-state index contributed by atoms with van der Waals surface area (Å²) in [4.78, 5) is 0. The Labute approximate surface area is 71.7 Å². The molecule has 0 saturated heterocycles. The van der Waals surface area contributed by atoms with E-state index in [1.54, 1.807) is 0 Å². The molecule has 1 nitrogen and oxygen atoms in total. The van der Waals surface area contributed by atoms with Crippen LogP contribution < -0.4 is 0 Å². The van der Waals surface area contributed by atoms with Gasteiger partial charge >= 0.3 is 0 Å². The van der Waals surface area contributed by atoms with Crippen molar-refractivity contribution in [2.75, 3.05) is 6.61 Å². The lowest BCUT2D eigenvalue weighted by Gasteiger charge is -2.16. The fourth-order valence-corrected chi connectivity index (χ4v) is 1.30. The van der Waals surface area contributed by atoms with E-state index in [0.717, 1.165) is 5.57 Å². The fourth-order valence-electron chi connectivity index (χ4n) is 1.08. The van der Waals surface area contributed by atoms with Crippen LogP contribution in [0, 0.1) is 5.92 Å². The van der Waals surface area contributed by atoms with Gasteiger partial charge in [0.15, 0.2) is 0 Å². The molecule has 1 aliphatic rings. The lowest BCUT2D eigenvalue weighted by molar-refractivity contribution is 0.277. The highest BCUT2D eigenvalue weighted by Gasteiger charge is 2.13. The molecule has 0 amide bonds. The molecule has 0 bridgehead atoms. The molecule has 2 heteroatoms. The number of hydrogen-bond donors (Lipinski definition) is 1. The average molecular weight is 171 g/mol. The molecule has 0 saturated carbocycles. The minimum atomic E-state index is 0.179. The van der Waals surface area contributed by atoms with Gasteiger partial charge in [0, 0.05) is 17.6 Å². The Morgan fingerprint density at radius 1 is 1.64 bits per heavy atom. The van der Waals surface area contributed by atoms with Crippen LogP contribution in [0.15, 0.2) is 35.4 Å². The second-order valence-corrected chi connectivity index (χ2v) is 2.95. The maximum atomic E-state index is 8.68. The first kappa shape index (κ1) is 8.57. The van der Waals surface area contributed by atoms with E-state index in [1.165, 1.54) is 0 Å². The number of hydrogen-bond acceptors (Lipinski definition) is 1. The van der Waals surface area contributed by atoms with Gasteiger partial charge in [0.2, 0.25) is 0 Å². The molecule has 0 heterocycles. The first-order valence-electron chi connectivity index (χ1n) is 3.59. The van der Waals surface area contributed by atoms with Crippen molar-refractivity contribution in [1.82, 2.24) is 0 Å². The van der Waals surface area contributed by atoms with Crippen LogP contribution in [0.4, 0.5) is 0 Å². The number of aliphatic hydroxyl groups excluding tert-OH is 1. The van der Waals surface area contributed by atoms with Gasteiger partial charge < -0.3 is 5.11 Å². The predicted molar refractivity (Wildman–Crippen MR) is 47.4 cm³/mol. The SMILES string of the molecule is C=C1C(Cl)=CC=CC1CCO. The predicted octanol–water partition coefficient (Wildman–Crippen LogP) is 2.23. The third-order valence-corrected chi connectivity index (χ3v) is 2.15. The normalized spacial score (nSPS) is 23.6. The van der Waals surface area contributed by atoms with Gasteiger partial charge in [-0.2, -0.15) is 0 Å². The van der Waals surface area contributed by atoms with Gasteiger partial charge in [0.25, 0.3) is 0 Å². The van der Waals surface area contributed by atoms with Crippen molar-refractivity contribution < 1.29 is 5.11 Å². The molecule has 60 valence electrons. The van der Waals surface area contributed by atoms with Gasteiger partial charge in [0.05, 0.1) is 0 Å². The molecule has 11 heavy (non-hydrogen) atoms. The number of allylic oxidation sites excluding steroid dienone is 5. The summed E-state index contributed by atoms with van der Waals surface area (Å²) in [5, 5.41) is 9.38. The Bertz CT molecular complexity index is 216. The number of halogens is 1. The van der Waals surface area contributed by atoms with Crippen molar-refractivity contribution in [3.05, 3.63) is 35.4 Å². The Balaban J connectivity index is 2.65. The van der Waals surface area contributed by atoms with Crippen molar-refractivity contribution >= 4 is 11.6 Å². The second-order valence-electron chi connectivity index (χ2n) is 2.54. The highest BCUT2D eigenvalue weighted by molar-refractivity contribution is 6.32. The first-order chi connectivity index (χ1) is 5.25. The van der Waals surface area contributed by atoms with Gasteiger partial charge in [0.1, 0.15) is 0 Å². The molecule has 0 aliphatic heterocycles. The molecular weight excluding hydrogens is 160 g/mol. The Kier molecular flexibility index (Phi) is 2.92. The second kappa shape index (κ2) is 3.74. The number of rotatable bonds is 2. The zero-order valence-electron chi connectivity index (χ0n) is 6.26. The van der Waals surface area contributed by atoms with Gasteiger partial charge in [-0.1, -0.05) is 30.3 Å². The molecule has 1 aliphatic carbocycles. The maximum Gasteiger partial charge on any atom is 0.0439 e. The quantitative estimate of drug-likeness (QED) is 0.674. The molecule has 1 N–H and O–H groups in total. The van der Waals surface area contributed by atoms with Crippen LogP contribution in [0.3, 0.4) is 0 Å². The first-order valence-corrected chi connectivity index (χ1v) is 3.97. The summed E-state index contributed by atoms with van der Waals surface area (Å²) in [5.41, 5.74) is 0.906. The van der Waals surface area contributed by atoms with Gasteiger partial charge in [-0.3, -0.25) is 0 Å². The zero-order valence-corrected chi connectivity index (χ0v) is 7.01. The lowest BCUT2D eigenvalue weighted by atomic mass is 9.93. The van der Waals surface area contributed by atoms with Crippen molar-refractivity contribution in [3.63, 3.8) is 0 Å². The summed E-state index contributed by atoms with van der Waals surface area (Å²) in [6, 6.07) is 0. The topological polar surface area (TPSA) is 20.2 Å². The molecule has 0 spiro atoms. The highest BCUT2D eigenvalue weighted by Crippen LogP contribution is 2.28. The molecule has 1 unspecified atom stereocenters. The Morgan fingerprint density at radius 3 is 3.00 bits per heavy atom. The summed E-state index contributed by atoms with van der Waals surface area (Å²) < 4.78 is 0. The van der Waals surface area contributed by atoms with Crippen molar-refractivity contribution in [1.29, 1.82) is 0 Å². The minimum absolute atomic E-state index is 0.179. The number of aliphatic hydroxyl groups is 1. The summed E-state index contributed by atoms with van der Waals surface area (Å²) in [6.45, 7) is 4.01. The van der Waals surface area contributed by atoms with Crippen LogP contribution in [-0.4, -0.2) is 11.7 Å². The van der Waals surface area contributed by atoms with E-state index in [-0.39, 0.29) is 12.5 Å². The monoisotopic (exact) mass is 170 g/mol. The van der Waals surface area contributed by atoms with Crippen LogP contribution in [0.5, 0.6) is 0 Å². The van der Waals surface area contributed by atoms with E-state index in [9.17, 15) is 0 Å². The molecule has 0 fully saturated rings. The standard InChI is InChI=1S/C9H11ClO/c1-7-8(5-6-11)3-2-4-9(7)10/h2-4,8,11H,1,5-6H2. The fraction of sp³-hybridized carbons (Fsp3) is 0.333. The van der Waals surface area contributed by atoms with Crippen LogP contribution in [0.25, 0.3) is 0 Å². The van der Waals surface area contributed by atoms with E-state index in [2.05, 4.69) is 6.58 Å². The summed E-state index contributed by atoms with van der Waals surface area (Å²) >= 11 is 5.83. The van der Waals surface area contributed by atoms with E-state index in [4.69, 9.17) is 16.7 Å².